The van der Waals surface area contributed by atoms with Crippen LogP contribution in [0.25, 0.3) is 0 Å². The zero-order valence-electron chi connectivity index (χ0n) is 9.94. The third-order valence-corrected chi connectivity index (χ3v) is 3.26. The van der Waals surface area contributed by atoms with E-state index >= 15 is 0 Å². The Bertz CT molecular complexity index is 463. The number of amides is 1. The average molecular weight is 315 g/mol. The van der Waals surface area contributed by atoms with Crippen LogP contribution in [0.2, 0.25) is 0 Å². The molecule has 0 bridgehead atoms. The minimum atomic E-state index is -0.864. The van der Waals surface area contributed by atoms with Crippen molar-refractivity contribution in [3.63, 3.8) is 0 Å². The van der Waals surface area contributed by atoms with E-state index < -0.39 is 11.9 Å². The molecule has 0 saturated carbocycles. The van der Waals surface area contributed by atoms with Crippen LogP contribution >= 0.6 is 15.9 Å². The number of halogens is 1. The Labute approximate surface area is 113 Å². The first-order valence-electron chi connectivity index (χ1n) is 5.48. The van der Waals surface area contributed by atoms with Gasteiger partial charge in [-0.1, -0.05) is 6.92 Å². The molecule has 0 aliphatic heterocycles. The first kappa shape index (κ1) is 14.5. The first-order chi connectivity index (χ1) is 8.41. The lowest BCUT2D eigenvalue weighted by Crippen LogP contribution is -2.27. The molecule has 0 heterocycles. The van der Waals surface area contributed by atoms with Crippen LogP contribution in [0.15, 0.2) is 22.7 Å². The number of benzene rings is 1. The van der Waals surface area contributed by atoms with Gasteiger partial charge in [-0.05, 0) is 40.5 Å². The van der Waals surface area contributed by atoms with Crippen LogP contribution in [0.1, 0.15) is 23.7 Å². The summed E-state index contributed by atoms with van der Waals surface area (Å²) in [6, 6.07) is 4.92. The Morgan fingerprint density at radius 3 is 2.72 bits per heavy atom. The smallest absolute Gasteiger partial charge is 0.306 e. The quantitative estimate of drug-likeness (QED) is 0.723. The molecule has 6 heteroatoms. The van der Waals surface area contributed by atoms with Gasteiger partial charge in [0.05, 0.1) is 5.92 Å². The molecular formula is C12H15BrN2O3. The Morgan fingerprint density at radius 2 is 2.17 bits per heavy atom. The van der Waals surface area contributed by atoms with Crippen molar-refractivity contribution in [1.82, 2.24) is 5.32 Å². The molecule has 1 rings (SSSR count). The van der Waals surface area contributed by atoms with Gasteiger partial charge in [0.1, 0.15) is 0 Å². The molecule has 1 amide bonds. The van der Waals surface area contributed by atoms with Gasteiger partial charge in [-0.25, -0.2) is 0 Å². The number of aliphatic carboxylic acids is 1. The van der Waals surface area contributed by atoms with Gasteiger partial charge in [-0.3, -0.25) is 9.59 Å². The summed E-state index contributed by atoms with van der Waals surface area (Å²) in [6.45, 7) is 1.92. The highest BCUT2D eigenvalue weighted by molar-refractivity contribution is 9.10. The summed E-state index contributed by atoms with van der Waals surface area (Å²) in [5.74, 6) is -1.59. The summed E-state index contributed by atoms with van der Waals surface area (Å²) in [4.78, 5) is 22.3. The van der Waals surface area contributed by atoms with E-state index in [9.17, 15) is 9.59 Å². The number of rotatable bonds is 5. The highest BCUT2D eigenvalue weighted by atomic mass is 79.9. The molecule has 1 aromatic carbocycles. The van der Waals surface area contributed by atoms with Gasteiger partial charge < -0.3 is 16.2 Å². The molecule has 98 valence electrons. The molecule has 1 atom stereocenters. The number of carbonyl (C=O) groups excluding carboxylic acids is 1. The van der Waals surface area contributed by atoms with E-state index in [2.05, 4.69) is 21.2 Å². The van der Waals surface area contributed by atoms with E-state index in [-0.39, 0.29) is 5.91 Å². The van der Waals surface area contributed by atoms with Gasteiger partial charge in [-0.2, -0.15) is 0 Å². The van der Waals surface area contributed by atoms with Gasteiger partial charge in [0.15, 0.2) is 0 Å². The summed E-state index contributed by atoms with van der Waals surface area (Å²) < 4.78 is 0.735. The SMILES string of the molecule is CC(CCNC(=O)c1ccc(Br)c(N)c1)C(=O)O. The number of anilines is 1. The molecule has 4 N–H and O–H groups in total. The lowest BCUT2D eigenvalue weighted by Gasteiger charge is -2.08. The second-order valence-electron chi connectivity index (χ2n) is 4.02. The fraction of sp³-hybridized carbons (Fsp3) is 0.333. The average Bonchev–Trinajstić information content (AvgIpc) is 2.32. The highest BCUT2D eigenvalue weighted by Gasteiger charge is 2.12. The maximum absolute atomic E-state index is 11.7. The van der Waals surface area contributed by atoms with Crippen LogP contribution in [0.3, 0.4) is 0 Å². The molecule has 0 radical (unpaired) electrons. The third-order valence-electron chi connectivity index (χ3n) is 2.54. The zero-order valence-corrected chi connectivity index (χ0v) is 11.5. The van der Waals surface area contributed by atoms with Crippen molar-refractivity contribution in [3.8, 4) is 0 Å². The molecule has 5 nitrogen and oxygen atoms in total. The van der Waals surface area contributed by atoms with Crippen LogP contribution < -0.4 is 11.1 Å². The predicted molar refractivity (Wildman–Crippen MR) is 72.3 cm³/mol. The maximum atomic E-state index is 11.7. The topological polar surface area (TPSA) is 92.4 Å². The molecule has 0 fully saturated rings. The van der Waals surface area contributed by atoms with Gasteiger partial charge in [0, 0.05) is 22.3 Å². The molecule has 0 aliphatic carbocycles. The number of nitrogens with two attached hydrogens (primary N) is 1. The van der Waals surface area contributed by atoms with Crippen molar-refractivity contribution in [2.45, 2.75) is 13.3 Å². The van der Waals surface area contributed by atoms with Crippen molar-refractivity contribution < 1.29 is 14.7 Å². The number of nitrogen functional groups attached to an aromatic ring is 1. The fourth-order valence-corrected chi connectivity index (χ4v) is 1.56. The Balaban J connectivity index is 2.50. The number of hydrogen-bond acceptors (Lipinski definition) is 3. The van der Waals surface area contributed by atoms with Gasteiger partial charge in [-0.15, -0.1) is 0 Å². The molecule has 0 aromatic heterocycles. The normalized spacial score (nSPS) is 11.9. The molecular weight excluding hydrogens is 300 g/mol. The lowest BCUT2D eigenvalue weighted by atomic mass is 10.1. The van der Waals surface area contributed by atoms with Gasteiger partial charge in [0.25, 0.3) is 5.91 Å². The maximum Gasteiger partial charge on any atom is 0.306 e. The van der Waals surface area contributed by atoms with Crippen LogP contribution in [0, 0.1) is 5.92 Å². The van der Waals surface area contributed by atoms with E-state index in [4.69, 9.17) is 10.8 Å². The minimum absolute atomic E-state index is 0.258. The van der Waals surface area contributed by atoms with E-state index in [1.54, 1.807) is 25.1 Å². The second kappa shape index (κ2) is 6.39. The van der Waals surface area contributed by atoms with Crippen molar-refractivity contribution in [2.24, 2.45) is 5.92 Å². The monoisotopic (exact) mass is 314 g/mol. The van der Waals surface area contributed by atoms with E-state index in [0.717, 1.165) is 4.47 Å². The summed E-state index contributed by atoms with van der Waals surface area (Å²) >= 11 is 3.24. The van der Waals surface area contributed by atoms with Crippen LogP contribution in [0.5, 0.6) is 0 Å². The fourth-order valence-electron chi connectivity index (χ4n) is 1.31. The zero-order chi connectivity index (χ0) is 13.7. The van der Waals surface area contributed by atoms with E-state index in [1.807, 2.05) is 0 Å². The van der Waals surface area contributed by atoms with E-state index in [0.29, 0.717) is 24.2 Å². The molecule has 18 heavy (non-hydrogen) atoms. The number of nitrogens with one attached hydrogen (secondary N) is 1. The van der Waals surface area contributed by atoms with Crippen molar-refractivity contribution in [3.05, 3.63) is 28.2 Å². The van der Waals surface area contributed by atoms with Crippen LogP contribution in [-0.4, -0.2) is 23.5 Å². The number of carboxylic acids is 1. The highest BCUT2D eigenvalue weighted by Crippen LogP contribution is 2.20. The van der Waals surface area contributed by atoms with Gasteiger partial charge in [0.2, 0.25) is 0 Å². The Kier molecular flexibility index (Phi) is 5.15. The standard InChI is InChI=1S/C12H15BrN2O3/c1-7(12(17)18)4-5-15-11(16)8-2-3-9(13)10(14)6-8/h2-3,6-7H,4-5,14H2,1H3,(H,15,16)(H,17,18). The van der Waals surface area contributed by atoms with Crippen LogP contribution in [0.4, 0.5) is 5.69 Å². The Morgan fingerprint density at radius 1 is 1.50 bits per heavy atom. The predicted octanol–water partition coefficient (Wildman–Crippen LogP) is 1.87. The summed E-state index contributed by atoms with van der Waals surface area (Å²) in [7, 11) is 0. The minimum Gasteiger partial charge on any atom is -0.481 e. The second-order valence-corrected chi connectivity index (χ2v) is 4.87. The molecule has 1 aromatic rings. The van der Waals surface area contributed by atoms with Crippen molar-refractivity contribution in [2.75, 3.05) is 12.3 Å². The van der Waals surface area contributed by atoms with Crippen LogP contribution in [-0.2, 0) is 4.79 Å². The molecule has 0 aliphatic rings. The summed E-state index contributed by atoms with van der Waals surface area (Å²) in [5.41, 5.74) is 6.62. The summed E-state index contributed by atoms with van der Waals surface area (Å²) in [5, 5.41) is 11.4. The number of carboxylic acid groups (broad SMARTS) is 1. The largest absolute Gasteiger partial charge is 0.481 e. The van der Waals surface area contributed by atoms with E-state index in [1.165, 1.54) is 0 Å². The number of hydrogen-bond donors (Lipinski definition) is 3. The third kappa shape index (κ3) is 4.03. The van der Waals surface area contributed by atoms with Crippen molar-refractivity contribution in [1.29, 1.82) is 0 Å². The molecule has 0 spiro atoms. The molecule has 0 saturated heterocycles. The summed E-state index contributed by atoms with van der Waals surface area (Å²) in [6.07, 6.45) is 0.396. The number of carbonyl (C=O) groups is 2. The first-order valence-corrected chi connectivity index (χ1v) is 6.27. The van der Waals surface area contributed by atoms with Crippen molar-refractivity contribution >= 4 is 33.5 Å². The molecule has 1 unspecified atom stereocenters. The lowest BCUT2D eigenvalue weighted by molar-refractivity contribution is -0.141. The Hall–Kier alpha value is -1.56. The van der Waals surface area contributed by atoms with Gasteiger partial charge >= 0.3 is 5.97 Å².